The summed E-state index contributed by atoms with van der Waals surface area (Å²) in [5.41, 5.74) is 4.19. The van der Waals surface area contributed by atoms with E-state index in [4.69, 9.17) is 5.11 Å². The van der Waals surface area contributed by atoms with Crippen molar-refractivity contribution in [2.75, 3.05) is 0 Å². The van der Waals surface area contributed by atoms with Gasteiger partial charge in [0.2, 0.25) is 0 Å². The molecule has 0 amide bonds. The first-order chi connectivity index (χ1) is 8.24. The van der Waals surface area contributed by atoms with E-state index in [0.717, 1.165) is 0 Å². The van der Waals surface area contributed by atoms with Crippen LogP contribution in [-0.4, -0.2) is 11.1 Å². The van der Waals surface area contributed by atoms with Crippen LogP contribution in [-0.2, 0) is 17.6 Å². The van der Waals surface area contributed by atoms with Crippen molar-refractivity contribution in [1.82, 2.24) is 0 Å². The molecule has 0 aliphatic heterocycles. The van der Waals surface area contributed by atoms with Gasteiger partial charge in [0.05, 0.1) is 6.42 Å². The molecule has 1 unspecified atom stereocenters. The van der Waals surface area contributed by atoms with Gasteiger partial charge in [-0.05, 0) is 60.6 Å². The Morgan fingerprint density at radius 3 is 2.76 bits per heavy atom. The number of hydrogen-bond donors (Lipinski definition) is 1. The molecular formula is C15H18O2. The largest absolute Gasteiger partial charge is 0.481 e. The van der Waals surface area contributed by atoms with Gasteiger partial charge in [-0.25, -0.2) is 0 Å². The number of aryl methyl sites for hydroxylation is 2. The van der Waals surface area contributed by atoms with Crippen LogP contribution in [0.5, 0.6) is 0 Å². The van der Waals surface area contributed by atoms with Gasteiger partial charge >= 0.3 is 5.97 Å². The summed E-state index contributed by atoms with van der Waals surface area (Å²) in [5.74, 6) is 0.200. The molecule has 90 valence electrons. The van der Waals surface area contributed by atoms with Gasteiger partial charge in [0.15, 0.2) is 0 Å². The van der Waals surface area contributed by atoms with Crippen molar-refractivity contribution in [3.63, 3.8) is 0 Å². The molecule has 1 N–H and O–H groups in total. The van der Waals surface area contributed by atoms with E-state index in [1.54, 1.807) is 0 Å². The lowest BCUT2D eigenvalue weighted by molar-refractivity contribution is -0.137. The zero-order valence-electron chi connectivity index (χ0n) is 9.98. The van der Waals surface area contributed by atoms with Crippen LogP contribution in [0.2, 0.25) is 0 Å². The van der Waals surface area contributed by atoms with Crippen molar-refractivity contribution in [2.45, 2.75) is 44.4 Å². The first-order valence-electron chi connectivity index (χ1n) is 6.57. The van der Waals surface area contributed by atoms with Crippen molar-refractivity contribution >= 4 is 5.97 Å². The summed E-state index contributed by atoms with van der Waals surface area (Å²) in [6, 6.07) is 6.65. The van der Waals surface area contributed by atoms with Gasteiger partial charge in [0.1, 0.15) is 0 Å². The number of carboxylic acid groups (broad SMARTS) is 1. The summed E-state index contributed by atoms with van der Waals surface area (Å²) in [6.07, 6.45) is 6.33. The summed E-state index contributed by atoms with van der Waals surface area (Å²) < 4.78 is 0. The Morgan fingerprint density at radius 2 is 2.06 bits per heavy atom. The predicted molar refractivity (Wildman–Crippen MR) is 66.2 cm³/mol. The topological polar surface area (TPSA) is 37.3 Å². The zero-order valence-corrected chi connectivity index (χ0v) is 9.98. The quantitative estimate of drug-likeness (QED) is 0.862. The number of carboxylic acids is 1. The summed E-state index contributed by atoms with van der Waals surface area (Å²) in [6.45, 7) is 0. The highest BCUT2D eigenvalue weighted by Gasteiger charge is 2.34. The van der Waals surface area contributed by atoms with Crippen LogP contribution in [0, 0.1) is 5.92 Å². The van der Waals surface area contributed by atoms with E-state index in [1.165, 1.54) is 48.8 Å². The van der Waals surface area contributed by atoms with Crippen molar-refractivity contribution < 1.29 is 9.90 Å². The first kappa shape index (κ1) is 10.8. The SMILES string of the molecule is O=C(O)CC(c1ccc2c(c1)CCC2)C1CC1. The summed E-state index contributed by atoms with van der Waals surface area (Å²) in [4.78, 5) is 10.9. The maximum absolute atomic E-state index is 10.9. The molecule has 2 heteroatoms. The van der Waals surface area contributed by atoms with Crippen LogP contribution in [0.15, 0.2) is 18.2 Å². The third-order valence-corrected chi connectivity index (χ3v) is 4.14. The highest BCUT2D eigenvalue weighted by atomic mass is 16.4. The lowest BCUT2D eigenvalue weighted by Crippen LogP contribution is -2.08. The van der Waals surface area contributed by atoms with Crippen molar-refractivity contribution in [1.29, 1.82) is 0 Å². The molecule has 1 fully saturated rings. The molecule has 0 aromatic heterocycles. The Labute approximate surface area is 102 Å². The molecule has 0 spiro atoms. The monoisotopic (exact) mass is 230 g/mol. The van der Waals surface area contributed by atoms with E-state index in [1.807, 2.05) is 0 Å². The van der Waals surface area contributed by atoms with Crippen molar-refractivity contribution in [3.8, 4) is 0 Å². The minimum atomic E-state index is -0.664. The normalized spacial score (nSPS) is 20.0. The van der Waals surface area contributed by atoms with Gasteiger partial charge in [-0.2, -0.15) is 0 Å². The van der Waals surface area contributed by atoms with Crippen LogP contribution < -0.4 is 0 Å². The predicted octanol–water partition coefficient (Wildman–Crippen LogP) is 3.14. The van der Waals surface area contributed by atoms with Crippen LogP contribution in [0.4, 0.5) is 0 Å². The number of benzene rings is 1. The van der Waals surface area contributed by atoms with Gasteiger partial charge in [-0.15, -0.1) is 0 Å². The second kappa shape index (κ2) is 4.17. The maximum Gasteiger partial charge on any atom is 0.303 e. The van der Waals surface area contributed by atoms with Crippen LogP contribution >= 0.6 is 0 Å². The molecular weight excluding hydrogens is 212 g/mol. The van der Waals surface area contributed by atoms with E-state index < -0.39 is 5.97 Å². The van der Waals surface area contributed by atoms with Crippen molar-refractivity contribution in [2.24, 2.45) is 5.92 Å². The molecule has 2 aliphatic rings. The molecule has 1 atom stereocenters. The molecule has 17 heavy (non-hydrogen) atoms. The Balaban J connectivity index is 1.87. The lowest BCUT2D eigenvalue weighted by Gasteiger charge is -2.15. The molecule has 0 radical (unpaired) electrons. The van der Waals surface area contributed by atoms with Gasteiger partial charge < -0.3 is 5.11 Å². The Bertz CT molecular complexity index is 446. The third kappa shape index (κ3) is 2.21. The van der Waals surface area contributed by atoms with Gasteiger partial charge in [-0.3, -0.25) is 4.79 Å². The highest BCUT2D eigenvalue weighted by molar-refractivity contribution is 5.68. The van der Waals surface area contributed by atoms with Gasteiger partial charge in [-0.1, -0.05) is 18.2 Å². The second-order valence-electron chi connectivity index (χ2n) is 5.42. The molecule has 1 saturated carbocycles. The number of rotatable bonds is 4. The average Bonchev–Trinajstić information content (AvgIpc) is 3.03. The fraction of sp³-hybridized carbons (Fsp3) is 0.533. The highest BCUT2D eigenvalue weighted by Crippen LogP contribution is 2.45. The molecule has 2 aliphatic carbocycles. The van der Waals surface area contributed by atoms with Crippen LogP contribution in [0.1, 0.15) is 48.3 Å². The first-order valence-corrected chi connectivity index (χ1v) is 6.57. The molecule has 0 saturated heterocycles. The molecule has 3 rings (SSSR count). The Morgan fingerprint density at radius 1 is 1.29 bits per heavy atom. The molecule has 1 aromatic rings. The summed E-state index contributed by atoms with van der Waals surface area (Å²) in [7, 11) is 0. The maximum atomic E-state index is 10.9. The van der Waals surface area contributed by atoms with Crippen LogP contribution in [0.3, 0.4) is 0 Å². The Hall–Kier alpha value is -1.31. The zero-order chi connectivity index (χ0) is 11.8. The average molecular weight is 230 g/mol. The molecule has 0 bridgehead atoms. The minimum absolute atomic E-state index is 0.249. The number of fused-ring (bicyclic) bond motifs is 1. The smallest absolute Gasteiger partial charge is 0.303 e. The fourth-order valence-electron chi connectivity index (χ4n) is 3.07. The number of aliphatic carboxylic acids is 1. The van der Waals surface area contributed by atoms with E-state index in [0.29, 0.717) is 12.3 Å². The van der Waals surface area contributed by atoms with Gasteiger partial charge in [0, 0.05) is 0 Å². The molecule has 1 aromatic carbocycles. The number of carbonyl (C=O) groups is 1. The minimum Gasteiger partial charge on any atom is -0.481 e. The fourth-order valence-corrected chi connectivity index (χ4v) is 3.07. The number of hydrogen-bond acceptors (Lipinski definition) is 1. The third-order valence-electron chi connectivity index (χ3n) is 4.14. The lowest BCUT2D eigenvalue weighted by atomic mass is 9.89. The van der Waals surface area contributed by atoms with Crippen LogP contribution in [0.25, 0.3) is 0 Å². The summed E-state index contributed by atoms with van der Waals surface area (Å²) in [5, 5.41) is 9.02. The van der Waals surface area contributed by atoms with E-state index in [-0.39, 0.29) is 5.92 Å². The van der Waals surface area contributed by atoms with Crippen molar-refractivity contribution in [3.05, 3.63) is 34.9 Å². The second-order valence-corrected chi connectivity index (χ2v) is 5.42. The van der Waals surface area contributed by atoms with Gasteiger partial charge in [0.25, 0.3) is 0 Å². The van der Waals surface area contributed by atoms with E-state index in [9.17, 15) is 4.79 Å². The Kier molecular flexibility index (Phi) is 2.65. The van der Waals surface area contributed by atoms with E-state index in [2.05, 4.69) is 18.2 Å². The summed E-state index contributed by atoms with van der Waals surface area (Å²) >= 11 is 0. The standard InChI is InChI=1S/C15H18O2/c16-15(17)9-14(11-5-6-11)13-7-4-10-2-1-3-12(10)8-13/h4,7-8,11,14H,1-3,5-6,9H2,(H,16,17). The molecule has 2 nitrogen and oxygen atoms in total. The molecule has 0 heterocycles. The van der Waals surface area contributed by atoms with E-state index >= 15 is 0 Å².